The molecule has 156 valence electrons. The van der Waals surface area contributed by atoms with Crippen LogP contribution in [0.4, 0.5) is 5.69 Å². The van der Waals surface area contributed by atoms with Gasteiger partial charge >= 0.3 is 5.97 Å². The highest BCUT2D eigenvalue weighted by molar-refractivity contribution is 5.93. The second-order valence-corrected chi connectivity index (χ2v) is 6.74. The number of carbonyl (C=O) groups is 2. The van der Waals surface area contributed by atoms with Gasteiger partial charge in [0.25, 0.3) is 11.8 Å². The highest BCUT2D eigenvalue weighted by Gasteiger charge is 2.16. The number of anilines is 1. The zero-order valence-corrected chi connectivity index (χ0v) is 17.0. The summed E-state index contributed by atoms with van der Waals surface area (Å²) < 4.78 is 15.9. The number of rotatable bonds is 8. The predicted octanol–water partition coefficient (Wildman–Crippen LogP) is 4.05. The summed E-state index contributed by atoms with van der Waals surface area (Å²) in [6, 6.07) is 13.6. The van der Waals surface area contributed by atoms with Crippen molar-refractivity contribution < 1.29 is 23.6 Å². The van der Waals surface area contributed by atoms with Gasteiger partial charge in [-0.2, -0.15) is 4.98 Å². The Morgan fingerprint density at radius 3 is 2.50 bits per heavy atom. The predicted molar refractivity (Wildman–Crippen MR) is 110 cm³/mol. The minimum absolute atomic E-state index is 0.136. The molecular weight excluding hydrogens is 386 g/mol. The standard InChI is InChI=1S/C22H23N3O5/c1-4-28-22(27)15-9-11-16(12-10-15)23-19(26)13-29-18-8-6-5-7-17(18)21-24-20(14(2)3)25-30-21/h5-12,14H,4,13H2,1-3H3,(H,23,26). The molecule has 0 saturated heterocycles. The molecule has 1 amide bonds. The maximum absolute atomic E-state index is 12.3. The van der Waals surface area contributed by atoms with Crippen molar-refractivity contribution in [3.8, 4) is 17.2 Å². The number of amides is 1. The van der Waals surface area contributed by atoms with E-state index in [0.29, 0.717) is 40.9 Å². The van der Waals surface area contributed by atoms with E-state index in [-0.39, 0.29) is 18.4 Å². The van der Waals surface area contributed by atoms with Crippen LogP contribution in [0.2, 0.25) is 0 Å². The lowest BCUT2D eigenvalue weighted by molar-refractivity contribution is -0.118. The van der Waals surface area contributed by atoms with E-state index >= 15 is 0 Å². The van der Waals surface area contributed by atoms with Gasteiger partial charge in [0.2, 0.25) is 0 Å². The van der Waals surface area contributed by atoms with Gasteiger partial charge in [0, 0.05) is 11.6 Å². The first kappa shape index (κ1) is 21.0. The van der Waals surface area contributed by atoms with Crippen molar-refractivity contribution in [2.75, 3.05) is 18.5 Å². The van der Waals surface area contributed by atoms with Crippen LogP contribution in [0.1, 0.15) is 42.9 Å². The Morgan fingerprint density at radius 2 is 1.83 bits per heavy atom. The number of para-hydroxylation sites is 1. The Balaban J connectivity index is 1.62. The van der Waals surface area contributed by atoms with Crippen molar-refractivity contribution in [3.63, 3.8) is 0 Å². The molecule has 30 heavy (non-hydrogen) atoms. The first-order chi connectivity index (χ1) is 14.5. The molecule has 0 aliphatic heterocycles. The fourth-order valence-corrected chi connectivity index (χ4v) is 2.59. The SMILES string of the molecule is CCOC(=O)c1ccc(NC(=O)COc2ccccc2-c2nc(C(C)C)no2)cc1. The summed E-state index contributed by atoms with van der Waals surface area (Å²) >= 11 is 0. The summed E-state index contributed by atoms with van der Waals surface area (Å²) in [5.41, 5.74) is 1.58. The monoisotopic (exact) mass is 409 g/mol. The number of benzene rings is 2. The minimum Gasteiger partial charge on any atom is -0.483 e. The van der Waals surface area contributed by atoms with Crippen molar-refractivity contribution in [1.29, 1.82) is 0 Å². The third kappa shape index (κ3) is 5.22. The van der Waals surface area contributed by atoms with E-state index in [1.807, 2.05) is 19.9 Å². The maximum atomic E-state index is 12.3. The summed E-state index contributed by atoms with van der Waals surface area (Å²) in [7, 11) is 0. The zero-order valence-electron chi connectivity index (χ0n) is 17.0. The third-order valence-electron chi connectivity index (χ3n) is 4.11. The van der Waals surface area contributed by atoms with Crippen LogP contribution in [0.3, 0.4) is 0 Å². The Labute approximate surface area is 174 Å². The molecule has 1 N–H and O–H groups in total. The largest absolute Gasteiger partial charge is 0.483 e. The number of carbonyl (C=O) groups excluding carboxylic acids is 2. The van der Waals surface area contributed by atoms with E-state index in [0.717, 1.165) is 0 Å². The van der Waals surface area contributed by atoms with Crippen LogP contribution in [-0.4, -0.2) is 35.2 Å². The minimum atomic E-state index is -0.406. The molecule has 0 aliphatic rings. The maximum Gasteiger partial charge on any atom is 0.338 e. The molecule has 8 heteroatoms. The molecule has 0 unspecified atom stereocenters. The normalized spacial score (nSPS) is 10.7. The molecule has 0 saturated carbocycles. The molecule has 0 aliphatic carbocycles. The molecule has 8 nitrogen and oxygen atoms in total. The molecule has 0 spiro atoms. The van der Waals surface area contributed by atoms with Crippen molar-refractivity contribution in [2.24, 2.45) is 0 Å². The number of nitrogens with one attached hydrogen (secondary N) is 1. The summed E-state index contributed by atoms with van der Waals surface area (Å²) in [5, 5.41) is 6.68. The second kappa shape index (κ2) is 9.69. The Hall–Kier alpha value is -3.68. The lowest BCUT2D eigenvalue weighted by Crippen LogP contribution is -2.20. The summed E-state index contributed by atoms with van der Waals surface area (Å²) in [6.45, 7) is 5.79. The number of hydrogen-bond donors (Lipinski definition) is 1. The number of aromatic nitrogens is 2. The van der Waals surface area contributed by atoms with E-state index < -0.39 is 5.97 Å². The Bertz CT molecular complexity index is 1010. The van der Waals surface area contributed by atoms with Gasteiger partial charge in [-0.1, -0.05) is 31.1 Å². The molecular formula is C22H23N3O5. The Kier molecular flexibility index (Phi) is 6.79. The van der Waals surface area contributed by atoms with Gasteiger partial charge in [-0.3, -0.25) is 4.79 Å². The second-order valence-electron chi connectivity index (χ2n) is 6.74. The van der Waals surface area contributed by atoms with Gasteiger partial charge in [0.1, 0.15) is 5.75 Å². The molecule has 0 radical (unpaired) electrons. The average Bonchev–Trinajstić information content (AvgIpc) is 3.24. The highest BCUT2D eigenvalue weighted by Crippen LogP contribution is 2.29. The van der Waals surface area contributed by atoms with Crippen LogP contribution < -0.4 is 10.1 Å². The van der Waals surface area contributed by atoms with E-state index in [1.54, 1.807) is 49.4 Å². The van der Waals surface area contributed by atoms with E-state index in [4.69, 9.17) is 14.0 Å². The molecule has 2 aromatic carbocycles. The van der Waals surface area contributed by atoms with Gasteiger partial charge in [-0.25, -0.2) is 4.79 Å². The lowest BCUT2D eigenvalue weighted by atomic mass is 10.2. The first-order valence-corrected chi connectivity index (χ1v) is 9.60. The molecule has 1 aromatic heterocycles. The van der Waals surface area contributed by atoms with Gasteiger partial charge in [0.15, 0.2) is 12.4 Å². The molecule has 0 fully saturated rings. The summed E-state index contributed by atoms with van der Waals surface area (Å²) in [4.78, 5) is 28.3. The number of hydrogen-bond acceptors (Lipinski definition) is 7. The molecule has 0 bridgehead atoms. The topological polar surface area (TPSA) is 104 Å². The fraction of sp³-hybridized carbons (Fsp3) is 0.273. The van der Waals surface area contributed by atoms with Crippen molar-refractivity contribution in [2.45, 2.75) is 26.7 Å². The van der Waals surface area contributed by atoms with Gasteiger partial charge in [-0.05, 0) is 43.3 Å². The van der Waals surface area contributed by atoms with E-state index in [1.165, 1.54) is 0 Å². The van der Waals surface area contributed by atoms with Crippen LogP contribution >= 0.6 is 0 Å². The van der Waals surface area contributed by atoms with E-state index in [9.17, 15) is 9.59 Å². The summed E-state index contributed by atoms with van der Waals surface area (Å²) in [6.07, 6.45) is 0. The third-order valence-corrected chi connectivity index (χ3v) is 4.11. The van der Waals surface area contributed by atoms with E-state index in [2.05, 4.69) is 15.5 Å². The molecule has 3 rings (SSSR count). The van der Waals surface area contributed by atoms with Crippen LogP contribution in [0.25, 0.3) is 11.5 Å². The lowest BCUT2D eigenvalue weighted by Gasteiger charge is -2.10. The van der Waals surface area contributed by atoms with Gasteiger partial charge < -0.3 is 19.3 Å². The van der Waals surface area contributed by atoms with Crippen LogP contribution in [0.15, 0.2) is 53.1 Å². The Morgan fingerprint density at radius 1 is 1.10 bits per heavy atom. The zero-order chi connectivity index (χ0) is 21.5. The first-order valence-electron chi connectivity index (χ1n) is 9.60. The molecule has 0 atom stereocenters. The highest BCUT2D eigenvalue weighted by atomic mass is 16.5. The molecule has 3 aromatic rings. The average molecular weight is 409 g/mol. The van der Waals surface area contributed by atoms with Crippen molar-refractivity contribution in [1.82, 2.24) is 10.1 Å². The van der Waals surface area contributed by atoms with Gasteiger partial charge in [0.05, 0.1) is 17.7 Å². The van der Waals surface area contributed by atoms with Gasteiger partial charge in [-0.15, -0.1) is 0 Å². The fourth-order valence-electron chi connectivity index (χ4n) is 2.59. The number of ether oxygens (including phenoxy) is 2. The number of esters is 1. The van der Waals surface area contributed by atoms with Crippen LogP contribution in [0.5, 0.6) is 5.75 Å². The van der Waals surface area contributed by atoms with Crippen LogP contribution in [0, 0.1) is 0 Å². The van der Waals surface area contributed by atoms with Crippen molar-refractivity contribution in [3.05, 3.63) is 59.9 Å². The smallest absolute Gasteiger partial charge is 0.338 e. The summed E-state index contributed by atoms with van der Waals surface area (Å²) in [5.74, 6) is 0.785. The van der Waals surface area contributed by atoms with Crippen LogP contribution in [-0.2, 0) is 9.53 Å². The van der Waals surface area contributed by atoms with Crippen molar-refractivity contribution >= 4 is 17.6 Å². The quantitative estimate of drug-likeness (QED) is 0.560. The molecule has 1 heterocycles. The number of nitrogens with zero attached hydrogens (tertiary/aromatic N) is 2.